The molecular formula is C11H21NO2. The first-order valence-corrected chi connectivity index (χ1v) is 5.43. The summed E-state index contributed by atoms with van der Waals surface area (Å²) in [6.45, 7) is 2.56. The van der Waals surface area contributed by atoms with Gasteiger partial charge in [0.05, 0.1) is 12.6 Å². The normalized spacial score (nSPS) is 29.9. The number of carbonyl (C=O) groups is 1. The van der Waals surface area contributed by atoms with Gasteiger partial charge in [-0.2, -0.15) is 0 Å². The van der Waals surface area contributed by atoms with Gasteiger partial charge < -0.3 is 10.5 Å². The van der Waals surface area contributed by atoms with Crippen molar-refractivity contribution in [2.24, 2.45) is 17.6 Å². The summed E-state index contributed by atoms with van der Waals surface area (Å²) in [6.07, 6.45) is 4.44. The molecule has 2 N–H and O–H groups in total. The van der Waals surface area contributed by atoms with E-state index in [2.05, 4.69) is 6.92 Å². The monoisotopic (exact) mass is 199 g/mol. The molecular weight excluding hydrogens is 178 g/mol. The van der Waals surface area contributed by atoms with Crippen molar-refractivity contribution in [3.8, 4) is 0 Å². The van der Waals surface area contributed by atoms with E-state index in [0.717, 1.165) is 19.3 Å². The minimum atomic E-state index is -0.421. The van der Waals surface area contributed by atoms with Gasteiger partial charge in [0.2, 0.25) is 0 Å². The fraction of sp³-hybridized carbons (Fsp3) is 0.909. The van der Waals surface area contributed by atoms with Crippen molar-refractivity contribution in [2.45, 2.75) is 38.6 Å². The first-order valence-electron chi connectivity index (χ1n) is 5.43. The molecule has 1 fully saturated rings. The van der Waals surface area contributed by atoms with Crippen molar-refractivity contribution >= 4 is 5.78 Å². The van der Waals surface area contributed by atoms with Crippen LogP contribution in [0.1, 0.15) is 32.6 Å². The van der Waals surface area contributed by atoms with E-state index in [1.54, 1.807) is 7.11 Å². The predicted molar refractivity (Wildman–Crippen MR) is 56.0 cm³/mol. The summed E-state index contributed by atoms with van der Waals surface area (Å²) in [6, 6.07) is -0.421. The van der Waals surface area contributed by atoms with Crippen molar-refractivity contribution < 1.29 is 9.53 Å². The maximum absolute atomic E-state index is 11.8. The van der Waals surface area contributed by atoms with Crippen molar-refractivity contribution in [1.82, 2.24) is 0 Å². The Morgan fingerprint density at radius 1 is 1.57 bits per heavy atom. The smallest absolute Gasteiger partial charge is 0.154 e. The molecule has 3 heteroatoms. The standard InChI is InChI=1S/C11H21NO2/c1-8-4-3-5-9(6-8)11(13)10(12)7-14-2/h8-10H,3-7,12H2,1-2H3. The van der Waals surface area contributed by atoms with Gasteiger partial charge in [-0.15, -0.1) is 0 Å². The number of hydrogen-bond donors (Lipinski definition) is 1. The molecule has 0 aromatic carbocycles. The number of ketones is 1. The molecule has 0 saturated heterocycles. The van der Waals surface area contributed by atoms with Gasteiger partial charge in [0, 0.05) is 13.0 Å². The number of carbonyl (C=O) groups excluding carboxylic acids is 1. The van der Waals surface area contributed by atoms with Crippen LogP contribution in [-0.4, -0.2) is 25.5 Å². The van der Waals surface area contributed by atoms with E-state index in [1.165, 1.54) is 6.42 Å². The van der Waals surface area contributed by atoms with Gasteiger partial charge in [0.1, 0.15) is 0 Å². The van der Waals surface area contributed by atoms with Crippen LogP contribution >= 0.6 is 0 Å². The summed E-state index contributed by atoms with van der Waals surface area (Å²) in [4.78, 5) is 11.8. The van der Waals surface area contributed by atoms with E-state index in [-0.39, 0.29) is 11.7 Å². The summed E-state index contributed by atoms with van der Waals surface area (Å²) >= 11 is 0. The lowest BCUT2D eigenvalue weighted by molar-refractivity contribution is -0.126. The highest BCUT2D eigenvalue weighted by Crippen LogP contribution is 2.29. The highest BCUT2D eigenvalue weighted by Gasteiger charge is 2.28. The molecule has 0 radical (unpaired) electrons. The van der Waals surface area contributed by atoms with E-state index in [0.29, 0.717) is 12.5 Å². The fourth-order valence-corrected chi connectivity index (χ4v) is 2.26. The molecule has 0 aliphatic heterocycles. The van der Waals surface area contributed by atoms with Crippen LogP contribution in [0, 0.1) is 11.8 Å². The van der Waals surface area contributed by atoms with Gasteiger partial charge in [-0.3, -0.25) is 4.79 Å². The SMILES string of the molecule is COCC(N)C(=O)C1CCCC(C)C1. The predicted octanol–water partition coefficient (Wildman–Crippen LogP) is 1.36. The van der Waals surface area contributed by atoms with Gasteiger partial charge in [-0.05, 0) is 18.8 Å². The third-order valence-electron chi connectivity index (χ3n) is 3.05. The van der Waals surface area contributed by atoms with Crippen LogP contribution < -0.4 is 5.73 Å². The average Bonchev–Trinajstić information content (AvgIpc) is 2.17. The maximum atomic E-state index is 11.8. The number of ether oxygens (including phenoxy) is 1. The zero-order valence-corrected chi connectivity index (χ0v) is 9.16. The Bertz CT molecular complexity index is 194. The third kappa shape index (κ3) is 3.07. The first-order chi connectivity index (χ1) is 6.65. The Morgan fingerprint density at radius 2 is 2.29 bits per heavy atom. The number of rotatable bonds is 4. The quantitative estimate of drug-likeness (QED) is 0.743. The maximum Gasteiger partial charge on any atom is 0.154 e. The minimum Gasteiger partial charge on any atom is -0.383 e. The number of Topliss-reactive ketones (excluding diaryl/α,β-unsaturated/α-hetero) is 1. The molecule has 1 aliphatic rings. The lowest BCUT2D eigenvalue weighted by Crippen LogP contribution is -2.40. The number of nitrogens with two attached hydrogens (primary N) is 1. The second kappa shape index (κ2) is 5.47. The van der Waals surface area contributed by atoms with Gasteiger partial charge in [0.15, 0.2) is 5.78 Å². The Balaban J connectivity index is 2.42. The minimum absolute atomic E-state index is 0.184. The topological polar surface area (TPSA) is 52.3 Å². The molecule has 1 rings (SSSR count). The van der Waals surface area contributed by atoms with Crippen LogP contribution in [0.3, 0.4) is 0 Å². The van der Waals surface area contributed by atoms with E-state index in [9.17, 15) is 4.79 Å². The fourth-order valence-electron chi connectivity index (χ4n) is 2.26. The summed E-state index contributed by atoms with van der Waals surface area (Å²) in [7, 11) is 1.58. The second-order valence-corrected chi connectivity index (χ2v) is 4.43. The average molecular weight is 199 g/mol. The van der Waals surface area contributed by atoms with Crippen LogP contribution in [0.5, 0.6) is 0 Å². The van der Waals surface area contributed by atoms with E-state index < -0.39 is 6.04 Å². The summed E-state index contributed by atoms with van der Waals surface area (Å²) in [5, 5.41) is 0. The van der Waals surface area contributed by atoms with Crippen molar-refractivity contribution in [3.05, 3.63) is 0 Å². The molecule has 0 aromatic heterocycles. The van der Waals surface area contributed by atoms with E-state index in [1.807, 2.05) is 0 Å². The second-order valence-electron chi connectivity index (χ2n) is 4.43. The van der Waals surface area contributed by atoms with Crippen molar-refractivity contribution in [1.29, 1.82) is 0 Å². The molecule has 0 heterocycles. The molecule has 1 aliphatic carbocycles. The Labute approximate surface area is 86.0 Å². The van der Waals surface area contributed by atoms with Crippen LogP contribution in [0.25, 0.3) is 0 Å². The lowest BCUT2D eigenvalue weighted by Gasteiger charge is -2.27. The molecule has 3 unspecified atom stereocenters. The number of hydrogen-bond acceptors (Lipinski definition) is 3. The third-order valence-corrected chi connectivity index (χ3v) is 3.05. The Morgan fingerprint density at radius 3 is 2.86 bits per heavy atom. The van der Waals surface area contributed by atoms with E-state index in [4.69, 9.17) is 10.5 Å². The molecule has 0 spiro atoms. The summed E-state index contributed by atoms with van der Waals surface area (Å²) < 4.78 is 4.90. The summed E-state index contributed by atoms with van der Waals surface area (Å²) in [5.74, 6) is 1.05. The summed E-state index contributed by atoms with van der Waals surface area (Å²) in [5.41, 5.74) is 5.73. The van der Waals surface area contributed by atoms with Gasteiger partial charge in [-0.1, -0.05) is 19.8 Å². The van der Waals surface area contributed by atoms with Crippen LogP contribution in [0.15, 0.2) is 0 Å². The van der Waals surface area contributed by atoms with Crippen molar-refractivity contribution in [3.63, 3.8) is 0 Å². The molecule has 1 saturated carbocycles. The molecule has 0 amide bonds. The molecule has 0 aromatic rings. The Hall–Kier alpha value is -0.410. The molecule has 82 valence electrons. The van der Waals surface area contributed by atoms with Crippen LogP contribution in [0.4, 0.5) is 0 Å². The van der Waals surface area contributed by atoms with Crippen molar-refractivity contribution in [2.75, 3.05) is 13.7 Å². The zero-order valence-electron chi connectivity index (χ0n) is 9.16. The van der Waals surface area contributed by atoms with E-state index >= 15 is 0 Å². The highest BCUT2D eigenvalue weighted by molar-refractivity contribution is 5.86. The molecule has 3 nitrogen and oxygen atoms in total. The van der Waals surface area contributed by atoms with Gasteiger partial charge >= 0.3 is 0 Å². The van der Waals surface area contributed by atoms with Crippen LogP contribution in [-0.2, 0) is 9.53 Å². The lowest BCUT2D eigenvalue weighted by atomic mass is 9.79. The van der Waals surface area contributed by atoms with Gasteiger partial charge in [-0.25, -0.2) is 0 Å². The number of methoxy groups -OCH3 is 1. The van der Waals surface area contributed by atoms with Gasteiger partial charge in [0.25, 0.3) is 0 Å². The molecule has 0 bridgehead atoms. The molecule has 3 atom stereocenters. The zero-order chi connectivity index (χ0) is 10.6. The largest absolute Gasteiger partial charge is 0.383 e. The first kappa shape index (κ1) is 11.7. The Kier molecular flexibility index (Phi) is 4.55. The molecule has 14 heavy (non-hydrogen) atoms. The van der Waals surface area contributed by atoms with Crippen LogP contribution in [0.2, 0.25) is 0 Å². The highest BCUT2D eigenvalue weighted by atomic mass is 16.5.